The van der Waals surface area contributed by atoms with Crippen LogP contribution < -0.4 is 5.32 Å². The molecule has 0 aromatic carbocycles. The van der Waals surface area contributed by atoms with E-state index in [0.717, 1.165) is 18.6 Å². The number of carbonyl (C=O) groups is 2. The van der Waals surface area contributed by atoms with Crippen LogP contribution in [0.4, 0.5) is 0 Å². The summed E-state index contributed by atoms with van der Waals surface area (Å²) in [5, 5.41) is 11.5. The van der Waals surface area contributed by atoms with Crippen molar-refractivity contribution in [1.29, 1.82) is 0 Å². The highest BCUT2D eigenvalue weighted by Crippen LogP contribution is 2.07. The average Bonchev–Trinajstić information content (AvgIpc) is 2.22. The molecule has 0 aromatic rings. The summed E-state index contributed by atoms with van der Waals surface area (Å²) in [4.78, 5) is 22.4. The summed E-state index contributed by atoms with van der Waals surface area (Å²) in [5.74, 6) is 0.419. The van der Waals surface area contributed by atoms with Crippen molar-refractivity contribution >= 4 is 23.6 Å². The minimum atomic E-state index is -0.953. The number of hydrogen-bond acceptors (Lipinski definition) is 3. The van der Waals surface area contributed by atoms with E-state index in [1.54, 1.807) is 11.8 Å². The molecule has 1 atom stereocenters. The van der Waals surface area contributed by atoms with Gasteiger partial charge in [0, 0.05) is 0 Å². The summed E-state index contributed by atoms with van der Waals surface area (Å²) < 4.78 is 0. The molecule has 0 aromatic heterocycles. The van der Waals surface area contributed by atoms with Crippen LogP contribution in [0.15, 0.2) is 0 Å². The molecule has 0 heterocycles. The van der Waals surface area contributed by atoms with E-state index >= 15 is 0 Å². The van der Waals surface area contributed by atoms with Crippen molar-refractivity contribution in [3.63, 3.8) is 0 Å². The summed E-state index contributed by atoms with van der Waals surface area (Å²) in [5.41, 5.74) is 0. The van der Waals surface area contributed by atoms with Crippen LogP contribution >= 0.6 is 11.8 Å². The first-order chi connectivity index (χ1) is 7.97. The fourth-order valence-corrected chi connectivity index (χ4v) is 2.25. The van der Waals surface area contributed by atoms with Gasteiger partial charge < -0.3 is 10.4 Å². The Kier molecular flexibility index (Phi) is 8.94. The molecule has 1 amide bonds. The monoisotopic (exact) mass is 261 g/mol. The number of carboxylic acid groups (broad SMARTS) is 1. The molecule has 0 saturated heterocycles. The number of hydrogen-bond donors (Lipinski definition) is 2. The van der Waals surface area contributed by atoms with Crippen LogP contribution in [0.2, 0.25) is 0 Å². The molecule has 4 nitrogen and oxygen atoms in total. The standard InChI is InChI=1S/C12H23NO3S/c1-4-5-6-17-8-11(14)13-10(12(15)16)7-9(2)3/h9-10H,4-8H2,1-3H3,(H,13,14)(H,15,16). The first-order valence-corrected chi connectivity index (χ1v) is 7.22. The van der Waals surface area contributed by atoms with Gasteiger partial charge in [-0.05, 0) is 24.5 Å². The van der Waals surface area contributed by atoms with Crippen LogP contribution in [0.1, 0.15) is 40.0 Å². The Labute approximate surface area is 108 Å². The van der Waals surface area contributed by atoms with Crippen LogP contribution in [0.25, 0.3) is 0 Å². The zero-order valence-electron chi connectivity index (χ0n) is 10.9. The number of thioether (sulfide) groups is 1. The number of carbonyl (C=O) groups excluding carboxylic acids is 1. The zero-order chi connectivity index (χ0) is 13.3. The van der Waals surface area contributed by atoms with Crippen LogP contribution in [-0.4, -0.2) is 34.5 Å². The van der Waals surface area contributed by atoms with Gasteiger partial charge in [-0.25, -0.2) is 4.79 Å². The topological polar surface area (TPSA) is 66.4 Å². The Bertz CT molecular complexity index is 244. The Hall–Kier alpha value is -0.710. The Morgan fingerprint density at radius 3 is 2.47 bits per heavy atom. The first kappa shape index (κ1) is 16.3. The van der Waals surface area contributed by atoms with E-state index in [2.05, 4.69) is 12.2 Å². The van der Waals surface area contributed by atoms with Crippen LogP contribution in [-0.2, 0) is 9.59 Å². The van der Waals surface area contributed by atoms with Gasteiger partial charge in [-0.1, -0.05) is 27.2 Å². The first-order valence-electron chi connectivity index (χ1n) is 6.07. The lowest BCUT2D eigenvalue weighted by Crippen LogP contribution is -2.42. The van der Waals surface area contributed by atoms with Crippen molar-refractivity contribution in [2.75, 3.05) is 11.5 Å². The summed E-state index contributed by atoms with van der Waals surface area (Å²) in [6.07, 6.45) is 2.67. The predicted molar refractivity (Wildman–Crippen MR) is 71.3 cm³/mol. The molecule has 0 radical (unpaired) electrons. The highest BCUT2D eigenvalue weighted by molar-refractivity contribution is 7.99. The predicted octanol–water partition coefficient (Wildman–Crippen LogP) is 2.14. The SMILES string of the molecule is CCCCSCC(=O)NC(CC(C)C)C(=O)O. The molecule has 0 fully saturated rings. The lowest BCUT2D eigenvalue weighted by molar-refractivity contribution is -0.141. The second-order valence-corrected chi connectivity index (χ2v) is 5.60. The van der Waals surface area contributed by atoms with E-state index in [1.165, 1.54) is 0 Å². The van der Waals surface area contributed by atoms with Gasteiger partial charge in [0.15, 0.2) is 0 Å². The van der Waals surface area contributed by atoms with E-state index in [1.807, 2.05) is 13.8 Å². The van der Waals surface area contributed by atoms with E-state index in [0.29, 0.717) is 12.2 Å². The Balaban J connectivity index is 3.91. The van der Waals surface area contributed by atoms with Crippen LogP contribution in [0.3, 0.4) is 0 Å². The highest BCUT2D eigenvalue weighted by Gasteiger charge is 2.20. The van der Waals surface area contributed by atoms with Gasteiger partial charge >= 0.3 is 5.97 Å². The van der Waals surface area contributed by atoms with Gasteiger partial charge in [-0.2, -0.15) is 11.8 Å². The minimum absolute atomic E-state index is 0.181. The van der Waals surface area contributed by atoms with E-state index in [9.17, 15) is 9.59 Å². The molecule has 0 spiro atoms. The van der Waals surface area contributed by atoms with Crippen LogP contribution in [0, 0.1) is 5.92 Å². The van der Waals surface area contributed by atoms with Gasteiger partial charge in [0.25, 0.3) is 0 Å². The Morgan fingerprint density at radius 1 is 1.35 bits per heavy atom. The molecule has 0 aliphatic carbocycles. The average molecular weight is 261 g/mol. The summed E-state index contributed by atoms with van der Waals surface area (Å²) in [6, 6.07) is -0.755. The maximum absolute atomic E-state index is 11.5. The third-order valence-electron chi connectivity index (χ3n) is 2.22. The molecule has 0 aliphatic rings. The van der Waals surface area contributed by atoms with Gasteiger partial charge in [0.05, 0.1) is 5.75 Å². The smallest absolute Gasteiger partial charge is 0.326 e. The maximum Gasteiger partial charge on any atom is 0.326 e. The van der Waals surface area contributed by atoms with E-state index in [-0.39, 0.29) is 11.8 Å². The van der Waals surface area contributed by atoms with Crippen LogP contribution in [0.5, 0.6) is 0 Å². The lowest BCUT2D eigenvalue weighted by atomic mass is 10.0. The molecular formula is C12H23NO3S. The normalized spacial score (nSPS) is 12.5. The number of carboxylic acids is 1. The van der Waals surface area contributed by atoms with Crippen molar-refractivity contribution in [2.45, 2.75) is 46.1 Å². The molecule has 1 unspecified atom stereocenters. The maximum atomic E-state index is 11.5. The van der Waals surface area contributed by atoms with Crippen molar-refractivity contribution < 1.29 is 14.7 Å². The van der Waals surface area contributed by atoms with Crippen molar-refractivity contribution in [3.8, 4) is 0 Å². The van der Waals surface area contributed by atoms with Crippen molar-refractivity contribution in [1.82, 2.24) is 5.32 Å². The zero-order valence-corrected chi connectivity index (χ0v) is 11.7. The third-order valence-corrected chi connectivity index (χ3v) is 3.26. The lowest BCUT2D eigenvalue weighted by Gasteiger charge is -2.16. The highest BCUT2D eigenvalue weighted by atomic mass is 32.2. The number of unbranched alkanes of at least 4 members (excludes halogenated alkanes) is 1. The van der Waals surface area contributed by atoms with Gasteiger partial charge in [0.2, 0.25) is 5.91 Å². The summed E-state index contributed by atoms with van der Waals surface area (Å²) >= 11 is 1.55. The van der Waals surface area contributed by atoms with Gasteiger partial charge in [0.1, 0.15) is 6.04 Å². The van der Waals surface area contributed by atoms with Crippen molar-refractivity contribution in [2.24, 2.45) is 5.92 Å². The molecular weight excluding hydrogens is 238 g/mol. The van der Waals surface area contributed by atoms with Gasteiger partial charge in [-0.3, -0.25) is 4.79 Å². The molecule has 0 aliphatic heterocycles. The molecule has 0 saturated carbocycles. The fraction of sp³-hybridized carbons (Fsp3) is 0.833. The van der Waals surface area contributed by atoms with Crippen molar-refractivity contribution in [3.05, 3.63) is 0 Å². The second-order valence-electron chi connectivity index (χ2n) is 4.49. The second kappa shape index (κ2) is 9.33. The minimum Gasteiger partial charge on any atom is -0.480 e. The third kappa shape index (κ3) is 9.03. The molecule has 0 rings (SSSR count). The number of nitrogens with one attached hydrogen (secondary N) is 1. The number of aliphatic carboxylic acids is 1. The van der Waals surface area contributed by atoms with E-state index < -0.39 is 12.0 Å². The summed E-state index contributed by atoms with van der Waals surface area (Å²) in [6.45, 7) is 5.99. The molecule has 17 heavy (non-hydrogen) atoms. The van der Waals surface area contributed by atoms with Gasteiger partial charge in [-0.15, -0.1) is 0 Å². The largest absolute Gasteiger partial charge is 0.480 e. The van der Waals surface area contributed by atoms with E-state index in [4.69, 9.17) is 5.11 Å². The summed E-state index contributed by atoms with van der Waals surface area (Å²) in [7, 11) is 0. The number of amides is 1. The molecule has 100 valence electrons. The molecule has 0 bridgehead atoms. The quantitative estimate of drug-likeness (QED) is 0.624. The fourth-order valence-electron chi connectivity index (χ4n) is 1.34. The molecule has 5 heteroatoms. The Morgan fingerprint density at radius 2 is 2.00 bits per heavy atom. The number of rotatable bonds is 9. The molecule has 2 N–H and O–H groups in total.